The van der Waals surface area contributed by atoms with Crippen molar-refractivity contribution >= 4 is 6.03 Å². The molecule has 0 spiro atoms. The predicted molar refractivity (Wildman–Crippen MR) is 82.7 cm³/mol. The third-order valence-corrected chi connectivity index (χ3v) is 6.16. The molecule has 2 atom stereocenters. The van der Waals surface area contributed by atoms with Gasteiger partial charge in [0, 0.05) is 37.4 Å². The smallest absolute Gasteiger partial charge is 0.396 e. The fourth-order valence-corrected chi connectivity index (χ4v) is 4.61. The molecule has 2 N–H and O–H groups in total. The Bertz CT molecular complexity index is 724. The van der Waals surface area contributed by atoms with E-state index in [-0.39, 0.29) is 26.1 Å². The van der Waals surface area contributed by atoms with Crippen molar-refractivity contribution in [1.82, 2.24) is 15.2 Å². The zero-order valence-electron chi connectivity index (χ0n) is 13.7. The van der Waals surface area contributed by atoms with Crippen LogP contribution < -0.4 is 5.32 Å². The van der Waals surface area contributed by atoms with Crippen LogP contribution in [0, 0.1) is 10.8 Å². The Morgan fingerprint density at radius 1 is 1.32 bits per heavy atom. The van der Waals surface area contributed by atoms with Gasteiger partial charge < -0.3 is 15.3 Å². The highest BCUT2D eigenvalue weighted by molar-refractivity contribution is 5.75. The highest BCUT2D eigenvalue weighted by atomic mass is 19.4. The second-order valence-electron chi connectivity index (χ2n) is 7.50. The van der Waals surface area contributed by atoms with E-state index in [2.05, 4.69) is 10.3 Å². The Labute approximate surface area is 143 Å². The summed E-state index contributed by atoms with van der Waals surface area (Å²) in [7, 11) is 0. The number of aliphatic hydroxyl groups excluding tert-OH is 1. The Morgan fingerprint density at radius 2 is 2.12 bits per heavy atom. The number of alkyl halides is 3. The zero-order valence-corrected chi connectivity index (χ0v) is 13.7. The first-order valence-electron chi connectivity index (χ1n) is 8.47. The van der Waals surface area contributed by atoms with Crippen LogP contribution in [0.3, 0.4) is 0 Å². The number of nitrogens with one attached hydrogen (secondary N) is 1. The number of piperidine rings is 1. The number of nitrogens with zero attached hydrogens (tertiary/aromatic N) is 2. The van der Waals surface area contributed by atoms with Gasteiger partial charge >= 0.3 is 12.2 Å². The Morgan fingerprint density at radius 3 is 2.80 bits per heavy atom. The normalized spacial score (nSPS) is 30.2. The monoisotopic (exact) mass is 355 g/mol. The molecule has 136 valence electrons. The molecular weight excluding hydrogens is 335 g/mol. The number of pyridine rings is 1. The van der Waals surface area contributed by atoms with E-state index in [1.807, 2.05) is 6.20 Å². The average molecular weight is 355 g/mol. The van der Waals surface area contributed by atoms with E-state index in [1.165, 1.54) is 16.0 Å². The van der Waals surface area contributed by atoms with Crippen LogP contribution in [0.2, 0.25) is 0 Å². The van der Waals surface area contributed by atoms with Crippen LogP contribution >= 0.6 is 0 Å². The molecule has 0 bridgehead atoms. The molecule has 1 aromatic heterocycles. The number of hydrogen-bond donors (Lipinski definition) is 2. The average Bonchev–Trinajstić information content (AvgIpc) is 2.90. The van der Waals surface area contributed by atoms with Crippen molar-refractivity contribution in [3.05, 3.63) is 29.1 Å². The van der Waals surface area contributed by atoms with Gasteiger partial charge in [0.2, 0.25) is 0 Å². The number of halogens is 3. The number of urea groups is 1. The zero-order chi connectivity index (χ0) is 17.9. The number of hydrogen-bond acceptors (Lipinski definition) is 3. The Kier molecular flexibility index (Phi) is 3.55. The number of aromatic nitrogens is 1. The van der Waals surface area contributed by atoms with E-state index >= 15 is 0 Å². The number of rotatable bonds is 3. The third-order valence-electron chi connectivity index (χ3n) is 6.16. The van der Waals surface area contributed by atoms with E-state index in [1.54, 1.807) is 6.20 Å². The topological polar surface area (TPSA) is 65.5 Å². The van der Waals surface area contributed by atoms with Crippen LogP contribution in [0.4, 0.5) is 18.0 Å². The van der Waals surface area contributed by atoms with E-state index in [0.717, 1.165) is 24.8 Å². The summed E-state index contributed by atoms with van der Waals surface area (Å²) >= 11 is 0. The van der Waals surface area contributed by atoms with Gasteiger partial charge in [-0.15, -0.1) is 0 Å². The lowest BCUT2D eigenvalue weighted by Gasteiger charge is -2.23. The maximum atomic E-state index is 13.4. The molecule has 5 nitrogen and oxygen atoms in total. The fourth-order valence-electron chi connectivity index (χ4n) is 4.61. The number of fused-ring (bicyclic) bond motifs is 2. The molecule has 2 fully saturated rings. The van der Waals surface area contributed by atoms with Crippen molar-refractivity contribution in [1.29, 1.82) is 0 Å². The van der Waals surface area contributed by atoms with Crippen LogP contribution in [0.15, 0.2) is 12.4 Å². The first-order chi connectivity index (χ1) is 11.8. The highest BCUT2D eigenvalue weighted by Crippen LogP contribution is 2.74. The minimum Gasteiger partial charge on any atom is -0.396 e. The molecule has 2 aliphatic carbocycles. The molecule has 1 saturated carbocycles. The summed E-state index contributed by atoms with van der Waals surface area (Å²) in [6, 6.07) is -0.515. The van der Waals surface area contributed by atoms with Crippen LogP contribution in [0.1, 0.15) is 29.5 Å². The standard InChI is InChI=1S/C17H20F3N3O2/c18-17(19,20)16-7-15(16,10-24)8-23(9-16)14(25)22-6-12-5-21-4-11-2-1-3-13(11)12/h4-5,24H,1-3,6-10H2,(H,22,25)/t15-,16-/m1/s1. The Hall–Kier alpha value is -1.83. The number of carbonyl (C=O) groups excluding carboxylic acids is 1. The highest BCUT2D eigenvalue weighted by Gasteiger charge is 2.83. The molecule has 3 aliphatic rings. The molecule has 25 heavy (non-hydrogen) atoms. The minimum atomic E-state index is -4.41. The largest absolute Gasteiger partial charge is 0.396 e. The number of carbonyl (C=O) groups is 1. The van der Waals surface area contributed by atoms with E-state index in [0.29, 0.717) is 0 Å². The van der Waals surface area contributed by atoms with Crippen molar-refractivity contribution in [2.45, 2.75) is 38.4 Å². The van der Waals surface area contributed by atoms with Gasteiger partial charge in [-0.1, -0.05) is 0 Å². The van der Waals surface area contributed by atoms with Gasteiger partial charge in [-0.2, -0.15) is 13.2 Å². The summed E-state index contributed by atoms with van der Waals surface area (Å²) in [5, 5.41) is 12.2. The molecule has 2 amide bonds. The summed E-state index contributed by atoms with van der Waals surface area (Å²) in [5.74, 6) is 0. The molecule has 0 radical (unpaired) electrons. The number of aliphatic hydroxyl groups is 1. The molecule has 1 aliphatic heterocycles. The van der Waals surface area contributed by atoms with Crippen LogP contribution in [0.5, 0.6) is 0 Å². The lowest BCUT2D eigenvalue weighted by molar-refractivity contribution is -0.193. The van der Waals surface area contributed by atoms with Gasteiger partial charge in [-0.25, -0.2) is 4.79 Å². The molecule has 1 aromatic rings. The van der Waals surface area contributed by atoms with Gasteiger partial charge in [0.25, 0.3) is 0 Å². The van der Waals surface area contributed by atoms with Crippen LogP contribution in [0.25, 0.3) is 0 Å². The predicted octanol–water partition coefficient (Wildman–Crippen LogP) is 2.03. The maximum Gasteiger partial charge on any atom is 0.396 e. The fraction of sp³-hybridized carbons (Fsp3) is 0.647. The van der Waals surface area contributed by atoms with E-state index < -0.39 is 29.6 Å². The van der Waals surface area contributed by atoms with Gasteiger partial charge in [-0.3, -0.25) is 4.98 Å². The van der Waals surface area contributed by atoms with Crippen LogP contribution in [-0.2, 0) is 19.4 Å². The van der Waals surface area contributed by atoms with Crippen molar-refractivity contribution in [3.63, 3.8) is 0 Å². The van der Waals surface area contributed by atoms with Gasteiger partial charge in [-0.05, 0) is 42.4 Å². The summed E-state index contributed by atoms with van der Waals surface area (Å²) in [4.78, 5) is 17.7. The van der Waals surface area contributed by atoms with Crippen molar-refractivity contribution < 1.29 is 23.1 Å². The van der Waals surface area contributed by atoms with Gasteiger partial charge in [0.15, 0.2) is 0 Å². The maximum absolute atomic E-state index is 13.4. The first kappa shape index (κ1) is 16.6. The summed E-state index contributed by atoms with van der Waals surface area (Å²) in [6.45, 7) is -0.725. The van der Waals surface area contributed by atoms with Crippen molar-refractivity contribution in [2.24, 2.45) is 10.8 Å². The Balaban J connectivity index is 1.43. The van der Waals surface area contributed by atoms with E-state index in [4.69, 9.17) is 0 Å². The quantitative estimate of drug-likeness (QED) is 0.872. The lowest BCUT2D eigenvalue weighted by atomic mass is 9.97. The second-order valence-corrected chi connectivity index (χ2v) is 7.50. The number of amides is 2. The number of likely N-dealkylation sites (tertiary alicyclic amines) is 1. The molecule has 8 heteroatoms. The first-order valence-corrected chi connectivity index (χ1v) is 8.47. The molecule has 4 rings (SSSR count). The molecule has 2 heterocycles. The summed E-state index contributed by atoms with van der Waals surface area (Å²) in [5.41, 5.74) is 0.137. The third kappa shape index (κ3) is 2.33. The minimum absolute atomic E-state index is 0.0556. The molecule has 0 aromatic carbocycles. The van der Waals surface area contributed by atoms with Crippen molar-refractivity contribution in [3.8, 4) is 0 Å². The SMILES string of the molecule is O=C(NCc1cncc2c1CCC2)N1C[C@@]2(CO)C[C@@]2(C(F)(F)F)C1. The summed E-state index contributed by atoms with van der Waals surface area (Å²) < 4.78 is 40.1. The number of aryl methyl sites for hydroxylation is 1. The lowest BCUT2D eigenvalue weighted by Crippen LogP contribution is -2.42. The second kappa shape index (κ2) is 5.33. The van der Waals surface area contributed by atoms with Gasteiger partial charge in [0.1, 0.15) is 0 Å². The molecule has 0 unspecified atom stereocenters. The van der Waals surface area contributed by atoms with Crippen LogP contribution in [-0.4, -0.2) is 46.9 Å². The molecular formula is C17H20F3N3O2. The van der Waals surface area contributed by atoms with E-state index in [9.17, 15) is 23.1 Å². The van der Waals surface area contributed by atoms with Gasteiger partial charge in [0.05, 0.1) is 12.0 Å². The van der Waals surface area contributed by atoms with Crippen molar-refractivity contribution in [2.75, 3.05) is 19.7 Å². The summed E-state index contributed by atoms with van der Waals surface area (Å²) in [6.07, 6.45) is 2.01. The molecule has 1 saturated heterocycles.